The zero-order valence-corrected chi connectivity index (χ0v) is 12.0. The second-order valence-electron chi connectivity index (χ2n) is 4.22. The van der Waals surface area contributed by atoms with E-state index in [0.29, 0.717) is 5.75 Å². The molecule has 0 unspecified atom stereocenters. The summed E-state index contributed by atoms with van der Waals surface area (Å²) in [5.41, 5.74) is -0.172. The molecule has 1 heterocycles. The topological polar surface area (TPSA) is 104 Å². The summed E-state index contributed by atoms with van der Waals surface area (Å²) in [5, 5.41) is 14.3. The third-order valence-electron chi connectivity index (χ3n) is 2.82. The van der Waals surface area contributed by atoms with Crippen LogP contribution in [-0.2, 0) is 16.4 Å². The molecular formula is C12H13N3O5S. The van der Waals surface area contributed by atoms with E-state index < -0.39 is 14.8 Å². The molecule has 8 nitrogen and oxygen atoms in total. The molecule has 2 rings (SSSR count). The molecule has 0 amide bonds. The maximum atomic E-state index is 12.2. The zero-order valence-electron chi connectivity index (χ0n) is 11.2. The van der Waals surface area contributed by atoms with E-state index >= 15 is 0 Å². The van der Waals surface area contributed by atoms with E-state index in [1.807, 2.05) is 0 Å². The molecule has 0 N–H and O–H groups in total. The van der Waals surface area contributed by atoms with Crippen molar-refractivity contribution in [1.29, 1.82) is 0 Å². The molecule has 0 aliphatic carbocycles. The lowest BCUT2D eigenvalue weighted by Crippen LogP contribution is -2.13. The monoisotopic (exact) mass is 311 g/mol. The van der Waals surface area contributed by atoms with Crippen molar-refractivity contribution in [3.8, 4) is 5.75 Å². The van der Waals surface area contributed by atoms with Crippen LogP contribution in [0.5, 0.6) is 5.75 Å². The third-order valence-corrected chi connectivity index (χ3v) is 4.51. The average molecular weight is 311 g/mol. The van der Waals surface area contributed by atoms with Gasteiger partial charge in [-0.05, 0) is 18.2 Å². The van der Waals surface area contributed by atoms with E-state index in [9.17, 15) is 18.5 Å². The maximum Gasteiger partial charge on any atom is 0.306 e. The summed E-state index contributed by atoms with van der Waals surface area (Å²) in [6, 6.07) is 6.14. The minimum absolute atomic E-state index is 0.0351. The number of rotatable bonds is 6. The molecule has 0 aliphatic heterocycles. The Morgan fingerprint density at radius 3 is 2.81 bits per heavy atom. The van der Waals surface area contributed by atoms with E-state index in [1.165, 1.54) is 30.1 Å². The highest BCUT2D eigenvalue weighted by atomic mass is 32.2. The van der Waals surface area contributed by atoms with Gasteiger partial charge in [0.25, 0.3) is 0 Å². The first-order valence-electron chi connectivity index (χ1n) is 5.96. The van der Waals surface area contributed by atoms with Gasteiger partial charge in [0.2, 0.25) is 0 Å². The van der Waals surface area contributed by atoms with E-state index in [1.54, 1.807) is 12.1 Å². The van der Waals surface area contributed by atoms with Gasteiger partial charge in [-0.1, -0.05) is 6.07 Å². The van der Waals surface area contributed by atoms with Crippen molar-refractivity contribution >= 4 is 15.5 Å². The SMILES string of the molecule is COc1cccc(S(=O)(=O)CCn2cc([N+](=O)[O-])cn2)c1. The fourth-order valence-electron chi connectivity index (χ4n) is 1.70. The predicted molar refractivity (Wildman–Crippen MR) is 73.9 cm³/mol. The van der Waals surface area contributed by atoms with Gasteiger partial charge in [-0.15, -0.1) is 0 Å². The lowest BCUT2D eigenvalue weighted by Gasteiger charge is -2.06. The van der Waals surface area contributed by atoms with Crippen LogP contribution in [-0.4, -0.2) is 36.0 Å². The van der Waals surface area contributed by atoms with Crippen LogP contribution in [0.25, 0.3) is 0 Å². The zero-order chi connectivity index (χ0) is 15.5. The van der Waals surface area contributed by atoms with Crippen molar-refractivity contribution in [2.24, 2.45) is 0 Å². The molecule has 112 valence electrons. The molecule has 21 heavy (non-hydrogen) atoms. The number of nitrogens with zero attached hydrogens (tertiary/aromatic N) is 3. The van der Waals surface area contributed by atoms with Crippen LogP contribution in [0.4, 0.5) is 5.69 Å². The molecule has 0 spiro atoms. The molecule has 1 aromatic heterocycles. The van der Waals surface area contributed by atoms with Gasteiger partial charge in [-0.25, -0.2) is 8.42 Å². The summed E-state index contributed by atoms with van der Waals surface area (Å²) in [7, 11) is -2.06. The fraction of sp³-hybridized carbons (Fsp3) is 0.250. The lowest BCUT2D eigenvalue weighted by molar-refractivity contribution is -0.385. The molecule has 0 radical (unpaired) electrons. The summed E-state index contributed by atoms with van der Waals surface area (Å²) >= 11 is 0. The smallest absolute Gasteiger partial charge is 0.306 e. The minimum Gasteiger partial charge on any atom is -0.497 e. The van der Waals surface area contributed by atoms with Crippen molar-refractivity contribution in [2.45, 2.75) is 11.4 Å². The second-order valence-corrected chi connectivity index (χ2v) is 6.33. The van der Waals surface area contributed by atoms with Crippen molar-refractivity contribution in [3.63, 3.8) is 0 Å². The Hall–Kier alpha value is -2.42. The van der Waals surface area contributed by atoms with E-state index in [-0.39, 0.29) is 22.9 Å². The Kier molecular flexibility index (Phi) is 4.22. The summed E-state index contributed by atoms with van der Waals surface area (Å²) in [6.45, 7) is 0.0351. The third kappa shape index (κ3) is 3.57. The van der Waals surface area contributed by atoms with Crippen molar-refractivity contribution in [2.75, 3.05) is 12.9 Å². The summed E-state index contributed by atoms with van der Waals surface area (Å²) in [4.78, 5) is 10.1. The van der Waals surface area contributed by atoms with E-state index in [2.05, 4.69) is 5.10 Å². The molecule has 0 bridgehead atoms. The van der Waals surface area contributed by atoms with Crippen LogP contribution < -0.4 is 4.74 Å². The lowest BCUT2D eigenvalue weighted by atomic mass is 10.3. The highest BCUT2D eigenvalue weighted by Gasteiger charge is 2.16. The molecule has 1 aromatic carbocycles. The van der Waals surface area contributed by atoms with Crippen LogP contribution in [0.3, 0.4) is 0 Å². The Morgan fingerprint density at radius 2 is 2.19 bits per heavy atom. The number of methoxy groups -OCH3 is 1. The Labute approximate surface area is 121 Å². The van der Waals surface area contributed by atoms with Crippen LogP contribution in [0, 0.1) is 10.1 Å². The summed E-state index contributed by atoms with van der Waals surface area (Å²) in [6.07, 6.45) is 2.28. The Morgan fingerprint density at radius 1 is 1.43 bits per heavy atom. The largest absolute Gasteiger partial charge is 0.497 e. The Balaban J connectivity index is 2.11. The molecular weight excluding hydrogens is 298 g/mol. The molecule has 0 fully saturated rings. The first-order valence-corrected chi connectivity index (χ1v) is 7.61. The van der Waals surface area contributed by atoms with Gasteiger partial charge in [0, 0.05) is 0 Å². The quantitative estimate of drug-likeness (QED) is 0.588. The molecule has 0 aliphatic rings. The van der Waals surface area contributed by atoms with Gasteiger partial charge >= 0.3 is 5.69 Å². The maximum absolute atomic E-state index is 12.2. The second kappa shape index (κ2) is 5.92. The number of benzene rings is 1. The van der Waals surface area contributed by atoms with Gasteiger partial charge in [0.1, 0.15) is 18.1 Å². The van der Waals surface area contributed by atoms with Gasteiger partial charge in [-0.2, -0.15) is 5.10 Å². The first-order chi connectivity index (χ1) is 9.92. The number of aryl methyl sites for hydroxylation is 1. The number of hydrogen-bond donors (Lipinski definition) is 0. The van der Waals surface area contributed by atoms with Gasteiger partial charge in [0.15, 0.2) is 9.84 Å². The molecule has 0 saturated heterocycles. The highest BCUT2D eigenvalue weighted by Crippen LogP contribution is 2.18. The van der Waals surface area contributed by atoms with Crippen molar-refractivity contribution < 1.29 is 18.1 Å². The van der Waals surface area contributed by atoms with E-state index in [4.69, 9.17) is 4.74 Å². The summed E-state index contributed by atoms with van der Waals surface area (Å²) in [5.74, 6) is 0.240. The molecule has 9 heteroatoms. The number of nitro groups is 1. The van der Waals surface area contributed by atoms with E-state index in [0.717, 1.165) is 6.20 Å². The summed E-state index contributed by atoms with van der Waals surface area (Å²) < 4.78 is 30.6. The number of hydrogen-bond acceptors (Lipinski definition) is 6. The van der Waals surface area contributed by atoms with Gasteiger partial charge in [0.05, 0.1) is 29.2 Å². The van der Waals surface area contributed by atoms with Crippen LogP contribution in [0.1, 0.15) is 0 Å². The fourth-order valence-corrected chi connectivity index (χ4v) is 2.94. The van der Waals surface area contributed by atoms with Crippen LogP contribution in [0.2, 0.25) is 0 Å². The standard InChI is InChI=1S/C12H13N3O5S/c1-20-11-3-2-4-12(7-11)21(18,19)6-5-14-9-10(8-13-14)15(16)17/h2-4,7-9H,5-6H2,1H3. The first kappa shape index (κ1) is 15.0. The molecule has 0 saturated carbocycles. The normalized spacial score (nSPS) is 11.3. The molecule has 0 atom stereocenters. The highest BCUT2D eigenvalue weighted by molar-refractivity contribution is 7.91. The van der Waals surface area contributed by atoms with Crippen molar-refractivity contribution in [1.82, 2.24) is 9.78 Å². The Bertz CT molecular complexity index is 754. The predicted octanol–water partition coefficient (Wildman–Crippen LogP) is 1.27. The number of ether oxygens (including phenoxy) is 1. The average Bonchev–Trinajstić information content (AvgIpc) is 2.94. The van der Waals surface area contributed by atoms with Crippen LogP contribution >= 0.6 is 0 Å². The van der Waals surface area contributed by atoms with Crippen molar-refractivity contribution in [3.05, 3.63) is 46.8 Å². The number of aromatic nitrogens is 2. The molecule has 2 aromatic rings. The van der Waals surface area contributed by atoms with Gasteiger partial charge in [-0.3, -0.25) is 14.8 Å². The van der Waals surface area contributed by atoms with Gasteiger partial charge < -0.3 is 4.74 Å². The van der Waals surface area contributed by atoms with Crippen LogP contribution in [0.15, 0.2) is 41.6 Å². The number of sulfone groups is 1. The minimum atomic E-state index is -3.51.